The van der Waals surface area contributed by atoms with Crippen molar-refractivity contribution in [2.45, 2.75) is 19.8 Å². The van der Waals surface area contributed by atoms with Crippen molar-refractivity contribution in [3.05, 3.63) is 0 Å². The van der Waals surface area contributed by atoms with Gasteiger partial charge in [0.05, 0.1) is 11.7 Å². The van der Waals surface area contributed by atoms with E-state index in [1.165, 1.54) is 0 Å². The molecule has 0 aliphatic heterocycles. The zero-order valence-electron chi connectivity index (χ0n) is 8.40. The molecule has 15 heavy (non-hydrogen) atoms. The molecule has 0 radical (unpaired) electrons. The van der Waals surface area contributed by atoms with Gasteiger partial charge in [-0.1, -0.05) is 13.3 Å². The molecule has 0 aliphatic rings. The summed E-state index contributed by atoms with van der Waals surface area (Å²) in [5.74, 6) is 0.911. The highest BCUT2D eigenvalue weighted by Crippen LogP contribution is 2.18. The molecule has 2 heterocycles. The number of nitrogen functional groups attached to an aromatic ring is 1. The van der Waals surface area contributed by atoms with Crippen LogP contribution in [0.5, 0.6) is 0 Å². The second-order valence-electron chi connectivity index (χ2n) is 3.15. The first-order valence-corrected chi connectivity index (χ1v) is 5.54. The number of hydrogen-bond acceptors (Lipinski definition) is 7. The van der Waals surface area contributed by atoms with Gasteiger partial charge in [-0.25, -0.2) is 0 Å². The summed E-state index contributed by atoms with van der Waals surface area (Å²) < 4.78 is 8.15. The van der Waals surface area contributed by atoms with Gasteiger partial charge in [-0.05, 0) is 6.42 Å². The van der Waals surface area contributed by atoms with Crippen molar-refractivity contribution in [1.82, 2.24) is 18.7 Å². The molecule has 2 aromatic heterocycles. The van der Waals surface area contributed by atoms with Crippen LogP contribution in [0.3, 0.4) is 0 Å². The molecule has 6 nitrogen and oxygen atoms in total. The fourth-order valence-electron chi connectivity index (χ4n) is 1.21. The molecule has 0 saturated heterocycles. The topological polar surface area (TPSA) is 89.6 Å². The molecule has 0 bridgehead atoms. The summed E-state index contributed by atoms with van der Waals surface area (Å²) >= 11 is 1.12. The quantitative estimate of drug-likeness (QED) is 0.760. The number of anilines is 2. The van der Waals surface area contributed by atoms with E-state index in [1.54, 1.807) is 0 Å². The number of nitrogens with two attached hydrogens (primary N) is 1. The molecule has 0 aliphatic carbocycles. The van der Waals surface area contributed by atoms with Crippen molar-refractivity contribution in [3.63, 3.8) is 0 Å². The Morgan fingerprint density at radius 3 is 3.00 bits per heavy atom. The van der Waals surface area contributed by atoms with Crippen molar-refractivity contribution in [2.24, 2.45) is 0 Å². The third-order valence-corrected chi connectivity index (χ3v) is 2.48. The molecule has 2 rings (SSSR count). The smallest absolute Gasteiger partial charge is 0.224 e. The Morgan fingerprint density at radius 1 is 1.33 bits per heavy atom. The molecule has 0 saturated carbocycles. The van der Waals surface area contributed by atoms with Gasteiger partial charge < -0.3 is 11.1 Å². The van der Waals surface area contributed by atoms with E-state index in [2.05, 4.69) is 31.0 Å². The average Bonchev–Trinajstić information content (AvgIpc) is 2.65. The van der Waals surface area contributed by atoms with Crippen LogP contribution in [0.2, 0.25) is 0 Å². The van der Waals surface area contributed by atoms with E-state index in [-0.39, 0.29) is 5.95 Å². The van der Waals surface area contributed by atoms with Crippen molar-refractivity contribution in [3.8, 4) is 0 Å². The highest BCUT2D eigenvalue weighted by molar-refractivity contribution is 7.00. The zero-order chi connectivity index (χ0) is 10.7. The largest absolute Gasteiger partial charge is 0.368 e. The lowest BCUT2D eigenvalue weighted by atomic mass is 10.3. The van der Waals surface area contributed by atoms with Crippen LogP contribution >= 0.6 is 11.7 Å². The number of nitrogens with zero attached hydrogens (tertiary/aromatic N) is 4. The molecule has 80 valence electrons. The molecular weight excluding hydrogens is 212 g/mol. The Labute approximate surface area is 91.3 Å². The molecule has 0 atom stereocenters. The second-order valence-corrected chi connectivity index (χ2v) is 3.68. The Bertz CT molecular complexity index is 453. The van der Waals surface area contributed by atoms with E-state index in [0.29, 0.717) is 17.0 Å². The molecule has 0 spiro atoms. The van der Waals surface area contributed by atoms with Crippen LogP contribution in [0.25, 0.3) is 11.2 Å². The predicted molar refractivity (Wildman–Crippen MR) is 60.8 cm³/mol. The molecule has 2 aromatic rings. The van der Waals surface area contributed by atoms with Gasteiger partial charge in [0, 0.05) is 6.54 Å². The maximum Gasteiger partial charge on any atom is 0.224 e. The average molecular weight is 224 g/mol. The first-order chi connectivity index (χ1) is 7.31. The van der Waals surface area contributed by atoms with Crippen molar-refractivity contribution in [2.75, 3.05) is 17.6 Å². The first kappa shape index (κ1) is 10.0. The van der Waals surface area contributed by atoms with Crippen LogP contribution in [0.1, 0.15) is 19.8 Å². The van der Waals surface area contributed by atoms with E-state index in [9.17, 15) is 0 Å². The Balaban J connectivity index is 2.27. The van der Waals surface area contributed by atoms with E-state index in [0.717, 1.165) is 31.1 Å². The lowest BCUT2D eigenvalue weighted by Gasteiger charge is -2.04. The number of aromatic nitrogens is 4. The minimum absolute atomic E-state index is 0.231. The SMILES string of the molecule is CCCCNc1nc(N)nc2nsnc12. The summed E-state index contributed by atoms with van der Waals surface area (Å²) in [5, 5.41) is 3.19. The highest BCUT2D eigenvalue weighted by atomic mass is 32.1. The van der Waals surface area contributed by atoms with E-state index >= 15 is 0 Å². The number of nitrogens with one attached hydrogen (secondary N) is 1. The highest BCUT2D eigenvalue weighted by Gasteiger charge is 2.08. The minimum Gasteiger partial charge on any atom is -0.368 e. The Kier molecular flexibility index (Phi) is 2.91. The lowest BCUT2D eigenvalue weighted by Crippen LogP contribution is -2.06. The van der Waals surface area contributed by atoms with Crippen molar-refractivity contribution in [1.29, 1.82) is 0 Å². The van der Waals surface area contributed by atoms with Crippen LogP contribution in [-0.2, 0) is 0 Å². The van der Waals surface area contributed by atoms with Crippen LogP contribution in [-0.4, -0.2) is 25.3 Å². The van der Waals surface area contributed by atoms with E-state index < -0.39 is 0 Å². The number of fused-ring (bicyclic) bond motifs is 1. The maximum atomic E-state index is 5.56. The van der Waals surface area contributed by atoms with Crippen LogP contribution in [0, 0.1) is 0 Å². The molecule has 3 N–H and O–H groups in total. The monoisotopic (exact) mass is 224 g/mol. The second kappa shape index (κ2) is 4.35. The number of hydrogen-bond donors (Lipinski definition) is 2. The maximum absolute atomic E-state index is 5.56. The summed E-state index contributed by atoms with van der Waals surface area (Å²) in [6.07, 6.45) is 2.22. The van der Waals surface area contributed by atoms with E-state index in [4.69, 9.17) is 5.73 Å². The zero-order valence-corrected chi connectivity index (χ0v) is 9.21. The molecule has 0 amide bonds. The fraction of sp³-hybridized carbons (Fsp3) is 0.500. The minimum atomic E-state index is 0.231. The van der Waals surface area contributed by atoms with Gasteiger partial charge in [0.1, 0.15) is 0 Å². The fourth-order valence-corrected chi connectivity index (χ4v) is 1.71. The summed E-state index contributed by atoms with van der Waals surface area (Å²) in [7, 11) is 0. The third-order valence-electron chi connectivity index (χ3n) is 1.97. The predicted octanol–water partition coefficient (Wildman–Crippen LogP) is 1.28. The Hall–Kier alpha value is -1.50. The summed E-state index contributed by atoms with van der Waals surface area (Å²) in [6.45, 7) is 3.00. The summed E-state index contributed by atoms with van der Waals surface area (Å²) in [4.78, 5) is 8.09. The number of unbranched alkanes of at least 4 members (excludes halogenated alkanes) is 1. The molecule has 0 fully saturated rings. The van der Waals surface area contributed by atoms with Crippen LogP contribution in [0.15, 0.2) is 0 Å². The van der Waals surface area contributed by atoms with Gasteiger partial charge in [-0.2, -0.15) is 18.7 Å². The number of rotatable bonds is 4. The normalized spacial score (nSPS) is 10.7. The van der Waals surface area contributed by atoms with Crippen molar-refractivity contribution < 1.29 is 0 Å². The molecule has 7 heteroatoms. The van der Waals surface area contributed by atoms with Gasteiger partial charge in [0.25, 0.3) is 0 Å². The van der Waals surface area contributed by atoms with Gasteiger partial charge in [0.2, 0.25) is 11.6 Å². The third kappa shape index (κ3) is 2.12. The van der Waals surface area contributed by atoms with Gasteiger partial charge in [0.15, 0.2) is 11.3 Å². The van der Waals surface area contributed by atoms with Gasteiger partial charge in [-0.15, -0.1) is 0 Å². The standard InChI is InChI=1S/C8H12N6S/c1-2-3-4-10-6-5-7(14-15-13-5)12-8(9)11-6/h2-4H2,1H3,(H3,9,10,11,12,14). The lowest BCUT2D eigenvalue weighted by molar-refractivity contribution is 0.831. The summed E-state index contributed by atoms with van der Waals surface area (Å²) in [5.41, 5.74) is 6.82. The summed E-state index contributed by atoms with van der Waals surface area (Å²) in [6, 6.07) is 0. The Morgan fingerprint density at radius 2 is 2.20 bits per heavy atom. The van der Waals surface area contributed by atoms with Crippen molar-refractivity contribution >= 4 is 34.7 Å². The molecular formula is C8H12N6S. The molecule has 0 unspecified atom stereocenters. The molecule has 0 aromatic carbocycles. The first-order valence-electron chi connectivity index (χ1n) is 4.81. The van der Waals surface area contributed by atoms with E-state index in [1.807, 2.05) is 0 Å². The van der Waals surface area contributed by atoms with Gasteiger partial charge in [-0.3, -0.25) is 0 Å². The van der Waals surface area contributed by atoms with Crippen LogP contribution < -0.4 is 11.1 Å². The van der Waals surface area contributed by atoms with Crippen LogP contribution in [0.4, 0.5) is 11.8 Å². The van der Waals surface area contributed by atoms with Gasteiger partial charge >= 0.3 is 0 Å².